The SMILES string of the molecule is CCc1ccc(C(NC(=O)/C=C/c2cscn2)c2cccs2)cc1. The van der Waals surface area contributed by atoms with E-state index in [2.05, 4.69) is 41.5 Å². The molecule has 1 unspecified atom stereocenters. The maximum atomic E-state index is 12.3. The fraction of sp³-hybridized carbons (Fsp3) is 0.158. The lowest BCUT2D eigenvalue weighted by molar-refractivity contribution is -0.116. The third-order valence-electron chi connectivity index (χ3n) is 3.69. The van der Waals surface area contributed by atoms with Crippen LogP contribution in [0.3, 0.4) is 0 Å². The number of nitrogens with one attached hydrogen (secondary N) is 1. The standard InChI is InChI=1S/C19H18N2OS2/c1-2-14-5-7-15(8-6-14)19(17-4-3-11-24-17)21-18(22)10-9-16-12-23-13-20-16/h3-13,19H,2H2,1H3,(H,21,22)/b10-9+. The number of aromatic nitrogens is 1. The molecule has 5 heteroatoms. The predicted molar refractivity (Wildman–Crippen MR) is 101 cm³/mol. The summed E-state index contributed by atoms with van der Waals surface area (Å²) >= 11 is 3.16. The van der Waals surface area contributed by atoms with Gasteiger partial charge in [0.15, 0.2) is 0 Å². The van der Waals surface area contributed by atoms with E-state index in [9.17, 15) is 4.79 Å². The highest BCUT2D eigenvalue weighted by molar-refractivity contribution is 7.10. The summed E-state index contributed by atoms with van der Waals surface area (Å²) < 4.78 is 0. The molecule has 0 aliphatic heterocycles. The number of rotatable bonds is 6. The first-order chi connectivity index (χ1) is 11.8. The zero-order chi connectivity index (χ0) is 16.8. The fourth-order valence-corrected chi connectivity index (χ4v) is 3.70. The molecule has 2 aromatic heterocycles. The van der Waals surface area contributed by atoms with Crippen molar-refractivity contribution in [1.82, 2.24) is 10.3 Å². The largest absolute Gasteiger partial charge is 0.341 e. The van der Waals surface area contributed by atoms with Gasteiger partial charge in [-0.25, -0.2) is 4.98 Å². The van der Waals surface area contributed by atoms with Gasteiger partial charge in [-0.05, 0) is 35.1 Å². The monoisotopic (exact) mass is 354 g/mol. The quantitative estimate of drug-likeness (QED) is 0.653. The Labute approximate surface area is 149 Å². The van der Waals surface area contributed by atoms with Crippen molar-refractivity contribution in [1.29, 1.82) is 0 Å². The van der Waals surface area contributed by atoms with Crippen molar-refractivity contribution in [3.05, 3.63) is 80.4 Å². The van der Waals surface area contributed by atoms with Crippen LogP contribution in [0.4, 0.5) is 0 Å². The van der Waals surface area contributed by atoms with Gasteiger partial charge in [0.1, 0.15) is 0 Å². The molecule has 3 rings (SSSR count). The van der Waals surface area contributed by atoms with Crippen molar-refractivity contribution in [2.45, 2.75) is 19.4 Å². The molecule has 3 aromatic rings. The molecule has 0 bridgehead atoms. The second-order valence-corrected chi connectivity index (χ2v) is 7.00. The van der Waals surface area contributed by atoms with Crippen LogP contribution in [0.15, 0.2) is 58.7 Å². The van der Waals surface area contributed by atoms with Crippen LogP contribution in [0.25, 0.3) is 6.08 Å². The van der Waals surface area contributed by atoms with Gasteiger partial charge in [-0.1, -0.05) is 37.3 Å². The van der Waals surface area contributed by atoms with Gasteiger partial charge in [0.25, 0.3) is 0 Å². The summed E-state index contributed by atoms with van der Waals surface area (Å²) in [7, 11) is 0. The Morgan fingerprint density at radius 3 is 2.75 bits per heavy atom. The third kappa shape index (κ3) is 4.19. The van der Waals surface area contributed by atoms with Gasteiger partial charge in [0.05, 0.1) is 17.2 Å². The van der Waals surface area contributed by atoms with Crippen molar-refractivity contribution in [3.63, 3.8) is 0 Å². The van der Waals surface area contributed by atoms with Crippen LogP contribution in [-0.4, -0.2) is 10.9 Å². The van der Waals surface area contributed by atoms with E-state index >= 15 is 0 Å². The van der Waals surface area contributed by atoms with E-state index in [0.717, 1.165) is 22.6 Å². The number of hydrogen-bond acceptors (Lipinski definition) is 4. The number of hydrogen-bond donors (Lipinski definition) is 1. The molecule has 24 heavy (non-hydrogen) atoms. The van der Waals surface area contributed by atoms with Crippen LogP contribution in [0.2, 0.25) is 0 Å². The Morgan fingerprint density at radius 1 is 1.29 bits per heavy atom. The van der Waals surface area contributed by atoms with E-state index in [1.165, 1.54) is 23.0 Å². The molecule has 0 aliphatic rings. The molecule has 0 aliphatic carbocycles. The van der Waals surface area contributed by atoms with Crippen LogP contribution in [-0.2, 0) is 11.2 Å². The van der Waals surface area contributed by atoms with Crippen LogP contribution < -0.4 is 5.32 Å². The number of aryl methyl sites for hydroxylation is 1. The first-order valence-corrected chi connectivity index (χ1v) is 9.57. The predicted octanol–water partition coefficient (Wildman–Crippen LogP) is 4.69. The number of benzene rings is 1. The maximum Gasteiger partial charge on any atom is 0.244 e. The lowest BCUT2D eigenvalue weighted by Crippen LogP contribution is -2.27. The lowest BCUT2D eigenvalue weighted by Gasteiger charge is -2.17. The third-order valence-corrected chi connectivity index (χ3v) is 5.23. The van der Waals surface area contributed by atoms with Gasteiger partial charge >= 0.3 is 0 Å². The minimum absolute atomic E-state index is 0.124. The van der Waals surface area contributed by atoms with Crippen LogP contribution in [0.5, 0.6) is 0 Å². The first kappa shape index (κ1) is 16.6. The van der Waals surface area contributed by atoms with E-state index in [1.807, 2.05) is 22.9 Å². The molecular formula is C19H18N2OS2. The normalized spacial score (nSPS) is 12.4. The molecule has 0 saturated carbocycles. The highest BCUT2D eigenvalue weighted by Crippen LogP contribution is 2.26. The smallest absolute Gasteiger partial charge is 0.244 e. The molecule has 1 N–H and O–H groups in total. The Hall–Kier alpha value is -2.24. The molecule has 0 radical (unpaired) electrons. The number of thiophene rings is 1. The molecule has 3 nitrogen and oxygen atoms in total. The second kappa shape index (κ2) is 8.04. The molecule has 0 saturated heterocycles. The van der Waals surface area contributed by atoms with E-state index in [4.69, 9.17) is 0 Å². The summed E-state index contributed by atoms with van der Waals surface area (Å²) in [5.74, 6) is -0.124. The average Bonchev–Trinajstić information content (AvgIpc) is 3.31. The Balaban J connectivity index is 1.78. The summed E-state index contributed by atoms with van der Waals surface area (Å²) in [5.41, 5.74) is 4.93. The Morgan fingerprint density at radius 2 is 2.12 bits per heavy atom. The van der Waals surface area contributed by atoms with Crippen molar-refractivity contribution < 1.29 is 4.79 Å². The summed E-state index contributed by atoms with van der Waals surface area (Å²) in [6.07, 6.45) is 4.28. The minimum atomic E-state index is -0.136. The number of carbonyl (C=O) groups excluding carboxylic acids is 1. The molecule has 0 fully saturated rings. The van der Waals surface area contributed by atoms with Gasteiger partial charge in [-0.15, -0.1) is 22.7 Å². The van der Waals surface area contributed by atoms with Crippen molar-refractivity contribution in [2.24, 2.45) is 0 Å². The van der Waals surface area contributed by atoms with Gasteiger partial charge in [0.2, 0.25) is 5.91 Å². The molecule has 122 valence electrons. The summed E-state index contributed by atoms with van der Waals surface area (Å²) in [4.78, 5) is 17.6. The molecular weight excluding hydrogens is 336 g/mol. The molecule has 1 amide bonds. The maximum absolute atomic E-state index is 12.3. The van der Waals surface area contributed by atoms with Gasteiger partial charge in [-0.3, -0.25) is 4.79 Å². The van der Waals surface area contributed by atoms with E-state index in [1.54, 1.807) is 22.9 Å². The van der Waals surface area contributed by atoms with Gasteiger partial charge in [-0.2, -0.15) is 0 Å². The van der Waals surface area contributed by atoms with Crippen molar-refractivity contribution >= 4 is 34.7 Å². The summed E-state index contributed by atoms with van der Waals surface area (Å²) in [6, 6.07) is 12.3. The average molecular weight is 355 g/mol. The number of nitrogens with zero attached hydrogens (tertiary/aromatic N) is 1. The molecule has 2 heterocycles. The lowest BCUT2D eigenvalue weighted by atomic mass is 10.0. The topological polar surface area (TPSA) is 42.0 Å². The molecule has 1 atom stereocenters. The number of thiazole rings is 1. The highest BCUT2D eigenvalue weighted by Gasteiger charge is 2.16. The zero-order valence-corrected chi connectivity index (χ0v) is 14.9. The molecule has 1 aromatic carbocycles. The summed E-state index contributed by atoms with van der Waals surface area (Å²) in [5, 5.41) is 7.03. The van der Waals surface area contributed by atoms with E-state index in [0.29, 0.717) is 0 Å². The summed E-state index contributed by atoms with van der Waals surface area (Å²) in [6.45, 7) is 2.14. The minimum Gasteiger partial charge on any atom is -0.341 e. The van der Waals surface area contributed by atoms with Crippen LogP contribution in [0, 0.1) is 0 Å². The van der Waals surface area contributed by atoms with E-state index in [-0.39, 0.29) is 11.9 Å². The molecule has 0 spiro atoms. The van der Waals surface area contributed by atoms with Gasteiger partial charge < -0.3 is 5.32 Å². The number of amides is 1. The van der Waals surface area contributed by atoms with E-state index < -0.39 is 0 Å². The first-order valence-electron chi connectivity index (χ1n) is 7.75. The van der Waals surface area contributed by atoms with Crippen molar-refractivity contribution in [3.8, 4) is 0 Å². The van der Waals surface area contributed by atoms with Gasteiger partial charge in [0, 0.05) is 16.3 Å². The second-order valence-electron chi connectivity index (χ2n) is 5.30. The zero-order valence-electron chi connectivity index (χ0n) is 13.3. The number of carbonyl (C=O) groups is 1. The van der Waals surface area contributed by atoms with Crippen molar-refractivity contribution in [2.75, 3.05) is 0 Å². The Bertz CT molecular complexity index is 791. The highest BCUT2D eigenvalue weighted by atomic mass is 32.1. The Kier molecular flexibility index (Phi) is 5.56. The fourth-order valence-electron chi connectivity index (χ4n) is 2.38. The van der Waals surface area contributed by atoms with Crippen LogP contribution in [0.1, 0.15) is 34.7 Å². The van der Waals surface area contributed by atoms with Crippen LogP contribution >= 0.6 is 22.7 Å².